The number of hydrogen-bond acceptors (Lipinski definition) is 4. The van der Waals surface area contributed by atoms with Crippen LogP contribution >= 0.6 is 11.8 Å². The standard InChI is InChI=1S/C7H7N3OS/c1-12-7-9-4-2-3-8-5(4)6(11)10-7/h2-3,11H,1H3,(H,9,10). The molecule has 2 rings (SSSR count). The lowest BCUT2D eigenvalue weighted by Gasteiger charge is -2.02. The first-order valence-electron chi connectivity index (χ1n) is 3.39. The van der Waals surface area contributed by atoms with E-state index >= 15 is 0 Å². The van der Waals surface area contributed by atoms with Gasteiger partial charge in [0.2, 0.25) is 5.88 Å². The topological polar surface area (TPSA) is 61.8 Å². The third-order valence-electron chi connectivity index (χ3n) is 1.55. The number of fused-ring (bicyclic) bond motifs is 1. The first-order chi connectivity index (χ1) is 5.81. The molecule has 62 valence electrons. The Labute approximate surface area is 73.4 Å². The molecule has 0 radical (unpaired) electrons. The molecule has 2 aliphatic rings. The van der Waals surface area contributed by atoms with Gasteiger partial charge in [-0.1, -0.05) is 11.8 Å². The molecule has 0 unspecified atom stereocenters. The summed E-state index contributed by atoms with van der Waals surface area (Å²) in [6.45, 7) is 0. The van der Waals surface area contributed by atoms with E-state index in [-0.39, 0.29) is 5.88 Å². The van der Waals surface area contributed by atoms with Gasteiger partial charge in [0.15, 0.2) is 5.16 Å². The Bertz CT molecular complexity index is 373. The Morgan fingerprint density at radius 2 is 2.42 bits per heavy atom. The number of H-pyrrole nitrogens is 1. The number of aromatic hydroxyl groups is 1. The molecule has 0 spiro atoms. The fourth-order valence-corrected chi connectivity index (χ4v) is 1.39. The van der Waals surface area contributed by atoms with Crippen molar-refractivity contribution in [2.75, 3.05) is 6.26 Å². The molecule has 0 bridgehead atoms. The molecule has 0 aliphatic carbocycles. The van der Waals surface area contributed by atoms with Crippen molar-refractivity contribution in [1.82, 2.24) is 15.0 Å². The van der Waals surface area contributed by atoms with Gasteiger partial charge in [0.25, 0.3) is 0 Å². The van der Waals surface area contributed by atoms with Gasteiger partial charge < -0.3 is 10.1 Å². The van der Waals surface area contributed by atoms with Crippen LogP contribution in [0.3, 0.4) is 0 Å². The minimum Gasteiger partial charge on any atom is -0.492 e. The predicted octanol–water partition coefficient (Wildman–Crippen LogP) is 1.34. The Kier molecular flexibility index (Phi) is 1.65. The summed E-state index contributed by atoms with van der Waals surface area (Å²) >= 11 is 1.45. The Morgan fingerprint density at radius 1 is 1.58 bits per heavy atom. The summed E-state index contributed by atoms with van der Waals surface area (Å²) in [5.74, 6) is -0.0156. The quantitative estimate of drug-likeness (QED) is 0.514. The van der Waals surface area contributed by atoms with Gasteiger partial charge in [-0.05, 0) is 12.3 Å². The maximum atomic E-state index is 9.37. The first kappa shape index (κ1) is 7.42. The molecule has 2 N–H and O–H groups in total. The average Bonchev–Trinajstić information content (AvgIpc) is 2.52. The van der Waals surface area contributed by atoms with Crippen molar-refractivity contribution in [2.45, 2.75) is 5.16 Å². The van der Waals surface area contributed by atoms with Gasteiger partial charge in [-0.3, -0.25) is 0 Å². The van der Waals surface area contributed by atoms with E-state index in [1.165, 1.54) is 11.8 Å². The summed E-state index contributed by atoms with van der Waals surface area (Å²) in [5, 5.41) is 10.1. The molecule has 0 aromatic rings. The molecule has 0 amide bonds. The van der Waals surface area contributed by atoms with Gasteiger partial charge in [0, 0.05) is 6.20 Å². The van der Waals surface area contributed by atoms with Crippen LogP contribution in [0.15, 0.2) is 17.4 Å². The van der Waals surface area contributed by atoms with Crippen molar-refractivity contribution < 1.29 is 5.11 Å². The van der Waals surface area contributed by atoms with E-state index in [1.807, 2.05) is 6.26 Å². The molecule has 2 aliphatic heterocycles. The number of thioether (sulfide) groups is 1. The van der Waals surface area contributed by atoms with Crippen LogP contribution in [0.5, 0.6) is 5.88 Å². The van der Waals surface area contributed by atoms with Gasteiger partial charge in [0.1, 0.15) is 5.69 Å². The van der Waals surface area contributed by atoms with E-state index < -0.39 is 0 Å². The van der Waals surface area contributed by atoms with Gasteiger partial charge in [0.05, 0.1) is 5.69 Å². The van der Waals surface area contributed by atoms with Gasteiger partial charge in [-0.15, -0.1) is 0 Å². The van der Waals surface area contributed by atoms with Crippen LogP contribution in [0.1, 0.15) is 0 Å². The third-order valence-corrected chi connectivity index (χ3v) is 2.13. The fourth-order valence-electron chi connectivity index (χ4n) is 1.00. The van der Waals surface area contributed by atoms with Crippen molar-refractivity contribution in [2.24, 2.45) is 0 Å². The van der Waals surface area contributed by atoms with E-state index in [2.05, 4.69) is 15.0 Å². The van der Waals surface area contributed by atoms with Crippen LogP contribution in [-0.2, 0) is 0 Å². The van der Waals surface area contributed by atoms with Crippen molar-refractivity contribution in [3.63, 3.8) is 0 Å². The predicted molar refractivity (Wildman–Crippen MR) is 46.5 cm³/mol. The lowest BCUT2D eigenvalue weighted by molar-refractivity contribution is 0.446. The second kappa shape index (κ2) is 2.67. The number of aromatic nitrogens is 3. The number of rotatable bonds is 1. The number of nitrogens with one attached hydrogen (secondary N) is 1. The normalized spacial score (nSPS) is 10.8. The number of hydrogen-bond donors (Lipinski definition) is 2. The molecule has 0 saturated carbocycles. The van der Waals surface area contributed by atoms with Crippen LogP contribution in [0, 0.1) is 0 Å². The maximum Gasteiger partial charge on any atom is 0.242 e. The lowest BCUT2D eigenvalue weighted by atomic mass is 10.3. The maximum absolute atomic E-state index is 9.37. The summed E-state index contributed by atoms with van der Waals surface area (Å²) < 4.78 is 0. The number of aromatic amines is 1. The van der Waals surface area contributed by atoms with Crippen LogP contribution in [-0.4, -0.2) is 26.3 Å². The van der Waals surface area contributed by atoms with Crippen molar-refractivity contribution in [1.29, 1.82) is 0 Å². The van der Waals surface area contributed by atoms with E-state index in [9.17, 15) is 5.11 Å². The molecule has 0 aromatic carbocycles. The van der Waals surface area contributed by atoms with E-state index in [4.69, 9.17) is 0 Å². The zero-order valence-corrected chi connectivity index (χ0v) is 7.22. The minimum atomic E-state index is -0.0156. The highest BCUT2D eigenvalue weighted by Gasteiger charge is 2.11. The molecule has 0 saturated heterocycles. The molecule has 5 heteroatoms. The smallest absolute Gasteiger partial charge is 0.242 e. The van der Waals surface area contributed by atoms with E-state index in [0.29, 0.717) is 10.9 Å². The monoisotopic (exact) mass is 181 g/mol. The molecule has 0 aromatic heterocycles. The van der Waals surface area contributed by atoms with Crippen molar-refractivity contribution in [3.05, 3.63) is 12.3 Å². The largest absolute Gasteiger partial charge is 0.492 e. The summed E-state index contributed by atoms with van der Waals surface area (Å²) in [6, 6.07) is 1.80. The van der Waals surface area contributed by atoms with Crippen molar-refractivity contribution >= 4 is 11.8 Å². The SMILES string of the molecule is CSc1nc(O)c2nccc-2[nH]1. The lowest BCUT2D eigenvalue weighted by Crippen LogP contribution is -1.91. The molecule has 0 fully saturated rings. The van der Waals surface area contributed by atoms with Gasteiger partial charge in [-0.2, -0.15) is 4.98 Å². The summed E-state index contributed by atoms with van der Waals surface area (Å²) in [6.07, 6.45) is 3.52. The van der Waals surface area contributed by atoms with Gasteiger partial charge >= 0.3 is 0 Å². The highest BCUT2D eigenvalue weighted by atomic mass is 32.2. The molecule has 2 heterocycles. The van der Waals surface area contributed by atoms with Crippen LogP contribution in [0.25, 0.3) is 11.4 Å². The van der Waals surface area contributed by atoms with E-state index in [1.54, 1.807) is 12.3 Å². The summed E-state index contributed by atoms with van der Waals surface area (Å²) in [4.78, 5) is 10.9. The number of nitrogens with zero attached hydrogens (tertiary/aromatic N) is 2. The summed E-state index contributed by atoms with van der Waals surface area (Å²) in [5.41, 5.74) is 1.33. The Morgan fingerprint density at radius 3 is 3.17 bits per heavy atom. The molecule has 4 nitrogen and oxygen atoms in total. The molecule has 0 atom stereocenters. The molecule has 12 heavy (non-hydrogen) atoms. The van der Waals surface area contributed by atoms with Crippen LogP contribution in [0.2, 0.25) is 0 Å². The van der Waals surface area contributed by atoms with Crippen molar-refractivity contribution in [3.8, 4) is 17.3 Å². The average molecular weight is 181 g/mol. The Balaban J connectivity index is 2.67. The summed E-state index contributed by atoms with van der Waals surface area (Å²) in [7, 11) is 0. The van der Waals surface area contributed by atoms with E-state index in [0.717, 1.165) is 5.69 Å². The fraction of sp³-hybridized carbons (Fsp3) is 0.143. The third kappa shape index (κ3) is 1.02. The second-order valence-corrected chi connectivity index (χ2v) is 3.07. The molecular formula is C7H7N3OS. The zero-order chi connectivity index (χ0) is 8.55. The zero-order valence-electron chi connectivity index (χ0n) is 6.40. The van der Waals surface area contributed by atoms with Gasteiger partial charge in [-0.25, -0.2) is 4.98 Å². The van der Waals surface area contributed by atoms with Crippen LogP contribution < -0.4 is 0 Å². The minimum absolute atomic E-state index is 0.0156. The highest BCUT2D eigenvalue weighted by Crippen LogP contribution is 2.27. The Hall–Kier alpha value is -1.23. The first-order valence-corrected chi connectivity index (χ1v) is 4.61. The highest BCUT2D eigenvalue weighted by molar-refractivity contribution is 7.98. The van der Waals surface area contributed by atoms with Crippen LogP contribution in [0.4, 0.5) is 0 Å². The second-order valence-electron chi connectivity index (χ2n) is 2.28. The molecular weight excluding hydrogens is 174 g/mol.